The molecule has 3 aromatic carbocycles. The molecule has 3 aromatic rings. The molecule has 0 radical (unpaired) electrons. The number of hydrogen-bond acceptors (Lipinski definition) is 4. The summed E-state index contributed by atoms with van der Waals surface area (Å²) in [4.78, 5) is 0. The zero-order valence-electron chi connectivity index (χ0n) is 17.5. The van der Waals surface area contributed by atoms with Gasteiger partial charge in [-0.25, -0.2) is 0 Å². The first-order chi connectivity index (χ1) is 14.0. The third-order valence-corrected chi connectivity index (χ3v) is 4.80. The Morgan fingerprint density at radius 2 is 1.28 bits per heavy atom. The molecule has 0 bridgehead atoms. The smallest absolute Gasteiger partial charge is 0.127 e. The van der Waals surface area contributed by atoms with Crippen LogP contribution in [-0.4, -0.2) is 20.8 Å². The third-order valence-electron chi connectivity index (χ3n) is 4.80. The summed E-state index contributed by atoms with van der Waals surface area (Å²) >= 11 is 0. The highest BCUT2D eigenvalue weighted by Gasteiger charge is 2.21. The second-order valence-corrected chi connectivity index (χ2v) is 7.53. The number of hydrogen-bond donors (Lipinski definition) is 0. The average molecular weight is 392 g/mol. The summed E-state index contributed by atoms with van der Waals surface area (Å²) in [5.74, 6) is 3.22. The lowest BCUT2D eigenvalue weighted by molar-refractivity contribution is 0.0824. The van der Waals surface area contributed by atoms with Crippen LogP contribution in [0.5, 0.6) is 23.0 Å². The molecular weight excluding hydrogens is 364 g/mol. The van der Waals surface area contributed by atoms with Crippen LogP contribution in [0.25, 0.3) is 0 Å². The predicted octanol–water partition coefficient (Wildman–Crippen LogP) is 5.99. The summed E-state index contributed by atoms with van der Waals surface area (Å²) < 4.78 is 22.4. The minimum Gasteiger partial charge on any atom is -0.497 e. The van der Waals surface area contributed by atoms with Gasteiger partial charge in [0.25, 0.3) is 0 Å². The Hall–Kier alpha value is -2.98. The van der Waals surface area contributed by atoms with Crippen molar-refractivity contribution in [2.45, 2.75) is 25.9 Å². The van der Waals surface area contributed by atoms with E-state index >= 15 is 0 Å². The highest BCUT2D eigenvalue weighted by molar-refractivity contribution is 5.37. The lowest BCUT2D eigenvalue weighted by Crippen LogP contribution is -2.24. The molecule has 0 aromatic heterocycles. The van der Waals surface area contributed by atoms with Gasteiger partial charge in [0, 0.05) is 5.41 Å². The SMILES string of the molecule is COc1ccc(Oc2cccc(COCC(C)(C)c3ccc(OC)cc3)c2)cc1. The summed E-state index contributed by atoms with van der Waals surface area (Å²) in [5, 5.41) is 0. The molecule has 0 N–H and O–H groups in total. The molecular formula is C25H28O4. The highest BCUT2D eigenvalue weighted by Crippen LogP contribution is 2.27. The topological polar surface area (TPSA) is 36.9 Å². The summed E-state index contributed by atoms with van der Waals surface area (Å²) in [6.07, 6.45) is 0. The van der Waals surface area contributed by atoms with E-state index in [0.717, 1.165) is 28.6 Å². The number of methoxy groups -OCH3 is 2. The maximum Gasteiger partial charge on any atom is 0.127 e. The van der Waals surface area contributed by atoms with Gasteiger partial charge in [-0.2, -0.15) is 0 Å². The van der Waals surface area contributed by atoms with E-state index in [0.29, 0.717) is 13.2 Å². The van der Waals surface area contributed by atoms with Crippen molar-refractivity contribution in [3.05, 3.63) is 83.9 Å². The molecule has 3 rings (SSSR count). The molecule has 0 atom stereocenters. The van der Waals surface area contributed by atoms with Crippen molar-refractivity contribution in [2.24, 2.45) is 0 Å². The van der Waals surface area contributed by atoms with Crippen molar-refractivity contribution < 1.29 is 18.9 Å². The van der Waals surface area contributed by atoms with Crippen LogP contribution in [-0.2, 0) is 16.8 Å². The van der Waals surface area contributed by atoms with Crippen LogP contribution < -0.4 is 14.2 Å². The fourth-order valence-corrected chi connectivity index (χ4v) is 3.03. The minimum absolute atomic E-state index is 0.0938. The number of ether oxygens (including phenoxy) is 4. The molecule has 4 heteroatoms. The number of benzene rings is 3. The molecule has 0 amide bonds. The van der Waals surface area contributed by atoms with Crippen LogP contribution in [0.2, 0.25) is 0 Å². The van der Waals surface area contributed by atoms with Crippen LogP contribution in [0.4, 0.5) is 0 Å². The molecule has 0 aliphatic rings. The molecule has 29 heavy (non-hydrogen) atoms. The van der Waals surface area contributed by atoms with E-state index in [9.17, 15) is 0 Å². The van der Waals surface area contributed by atoms with E-state index in [1.54, 1.807) is 14.2 Å². The quantitative estimate of drug-likeness (QED) is 0.448. The lowest BCUT2D eigenvalue weighted by Gasteiger charge is -2.25. The Bertz CT molecular complexity index is 899. The summed E-state index contributed by atoms with van der Waals surface area (Å²) in [6, 6.07) is 23.6. The van der Waals surface area contributed by atoms with Gasteiger partial charge in [0.1, 0.15) is 23.0 Å². The Labute approximate surface area is 173 Å². The summed E-state index contributed by atoms with van der Waals surface area (Å²) in [6.45, 7) is 5.50. The van der Waals surface area contributed by atoms with Crippen molar-refractivity contribution in [1.82, 2.24) is 0 Å². The van der Waals surface area contributed by atoms with Crippen molar-refractivity contribution in [3.63, 3.8) is 0 Å². The molecule has 0 aliphatic heterocycles. The fourth-order valence-electron chi connectivity index (χ4n) is 3.03. The second kappa shape index (κ2) is 9.48. The van der Waals surface area contributed by atoms with Gasteiger partial charge in [-0.1, -0.05) is 38.1 Å². The molecule has 0 aliphatic carbocycles. The zero-order valence-corrected chi connectivity index (χ0v) is 17.5. The van der Waals surface area contributed by atoms with Gasteiger partial charge in [0.05, 0.1) is 27.4 Å². The van der Waals surface area contributed by atoms with Crippen molar-refractivity contribution in [3.8, 4) is 23.0 Å². The van der Waals surface area contributed by atoms with E-state index in [-0.39, 0.29) is 5.41 Å². The monoisotopic (exact) mass is 392 g/mol. The van der Waals surface area contributed by atoms with E-state index < -0.39 is 0 Å². The first kappa shape index (κ1) is 20.7. The van der Waals surface area contributed by atoms with Gasteiger partial charge in [0.2, 0.25) is 0 Å². The van der Waals surface area contributed by atoms with Crippen molar-refractivity contribution in [2.75, 3.05) is 20.8 Å². The van der Waals surface area contributed by atoms with Crippen LogP contribution in [0.1, 0.15) is 25.0 Å². The highest BCUT2D eigenvalue weighted by atomic mass is 16.5. The molecule has 0 saturated carbocycles. The van der Waals surface area contributed by atoms with Crippen LogP contribution >= 0.6 is 0 Å². The molecule has 0 heterocycles. The van der Waals surface area contributed by atoms with Crippen LogP contribution in [0, 0.1) is 0 Å². The van der Waals surface area contributed by atoms with Gasteiger partial charge < -0.3 is 18.9 Å². The molecule has 0 spiro atoms. The molecule has 0 unspecified atom stereocenters. The summed E-state index contributed by atoms with van der Waals surface area (Å²) in [7, 11) is 3.32. The predicted molar refractivity (Wildman–Crippen MR) is 115 cm³/mol. The van der Waals surface area contributed by atoms with Crippen LogP contribution in [0.15, 0.2) is 72.8 Å². The zero-order chi connectivity index (χ0) is 20.7. The van der Waals surface area contributed by atoms with E-state index in [1.807, 2.05) is 60.7 Å². The maximum absolute atomic E-state index is 6.03. The molecule has 0 saturated heterocycles. The maximum atomic E-state index is 6.03. The Balaban J connectivity index is 1.56. The lowest BCUT2D eigenvalue weighted by atomic mass is 9.85. The fraction of sp³-hybridized carbons (Fsp3) is 0.280. The second-order valence-electron chi connectivity index (χ2n) is 7.53. The van der Waals surface area contributed by atoms with E-state index in [4.69, 9.17) is 18.9 Å². The third kappa shape index (κ3) is 5.75. The summed E-state index contributed by atoms with van der Waals surface area (Å²) in [5.41, 5.74) is 2.19. The Morgan fingerprint density at radius 3 is 1.90 bits per heavy atom. The van der Waals surface area contributed by atoms with Crippen LogP contribution in [0.3, 0.4) is 0 Å². The first-order valence-corrected chi connectivity index (χ1v) is 9.63. The average Bonchev–Trinajstić information content (AvgIpc) is 2.74. The normalized spacial score (nSPS) is 11.2. The Morgan fingerprint density at radius 1 is 0.690 bits per heavy atom. The first-order valence-electron chi connectivity index (χ1n) is 9.63. The minimum atomic E-state index is -0.0938. The van der Waals surface area contributed by atoms with Crippen molar-refractivity contribution >= 4 is 0 Å². The van der Waals surface area contributed by atoms with Crippen molar-refractivity contribution in [1.29, 1.82) is 0 Å². The van der Waals surface area contributed by atoms with Gasteiger partial charge in [-0.15, -0.1) is 0 Å². The molecule has 152 valence electrons. The number of rotatable bonds is 9. The molecule has 0 fully saturated rings. The van der Waals surface area contributed by atoms with Gasteiger partial charge >= 0.3 is 0 Å². The molecule has 4 nitrogen and oxygen atoms in total. The standard InChI is InChI=1S/C25H28O4/c1-25(2,20-8-10-21(26-3)11-9-20)18-28-17-19-6-5-7-24(16-19)29-23-14-12-22(27-4)13-15-23/h5-16H,17-18H2,1-4H3. The van der Waals surface area contributed by atoms with E-state index in [1.165, 1.54) is 5.56 Å². The largest absolute Gasteiger partial charge is 0.497 e. The van der Waals surface area contributed by atoms with E-state index in [2.05, 4.69) is 26.0 Å². The van der Waals surface area contributed by atoms with Gasteiger partial charge in [-0.05, 0) is 59.7 Å². The van der Waals surface area contributed by atoms with Gasteiger partial charge in [0.15, 0.2) is 0 Å². The Kier molecular flexibility index (Phi) is 6.78. The van der Waals surface area contributed by atoms with Gasteiger partial charge in [-0.3, -0.25) is 0 Å².